The lowest BCUT2D eigenvalue weighted by molar-refractivity contribution is -0.132. The van der Waals surface area contributed by atoms with E-state index in [4.69, 9.17) is 14.3 Å². The Balaban J connectivity index is 2.14. The molecule has 1 atom stereocenters. The Morgan fingerprint density at radius 2 is 2.05 bits per heavy atom. The molecule has 0 bridgehead atoms. The van der Waals surface area contributed by atoms with E-state index in [2.05, 4.69) is 10.5 Å². The fraction of sp³-hybridized carbons (Fsp3) is 0.500. The minimum Gasteiger partial charge on any atom is -0.497 e. The number of carbonyl (C=O) groups excluding carboxylic acids is 1. The number of nitrogens with zero attached hydrogens (tertiary/aromatic N) is 1. The second-order valence-corrected chi connectivity index (χ2v) is 6.14. The van der Waals surface area contributed by atoms with Crippen molar-refractivity contribution in [3.05, 3.63) is 23.8 Å². The molecule has 6 nitrogen and oxygen atoms in total. The first-order chi connectivity index (χ1) is 10.3. The van der Waals surface area contributed by atoms with Crippen LogP contribution in [0.25, 0.3) is 0 Å². The minimum atomic E-state index is -0.620. The maximum Gasteiger partial charge on any atom is 0.264 e. The number of hydrogen-bond donors (Lipinski definition) is 1. The van der Waals surface area contributed by atoms with E-state index in [1.165, 1.54) is 0 Å². The van der Waals surface area contributed by atoms with Crippen molar-refractivity contribution < 1.29 is 19.1 Å². The third-order valence-electron chi connectivity index (χ3n) is 3.18. The average Bonchev–Trinajstić information content (AvgIpc) is 2.94. The van der Waals surface area contributed by atoms with Gasteiger partial charge in [0.05, 0.1) is 19.9 Å². The fourth-order valence-electron chi connectivity index (χ4n) is 2.17. The zero-order chi connectivity index (χ0) is 16.3. The first-order valence-electron chi connectivity index (χ1n) is 7.11. The van der Waals surface area contributed by atoms with Crippen molar-refractivity contribution in [2.75, 3.05) is 14.2 Å². The van der Waals surface area contributed by atoms with Gasteiger partial charge < -0.3 is 19.6 Å². The molecule has 1 aliphatic rings. The van der Waals surface area contributed by atoms with Gasteiger partial charge in [-0.3, -0.25) is 4.79 Å². The van der Waals surface area contributed by atoms with Crippen LogP contribution in [0.3, 0.4) is 0 Å². The van der Waals surface area contributed by atoms with Gasteiger partial charge in [0.25, 0.3) is 5.91 Å². The van der Waals surface area contributed by atoms with E-state index in [9.17, 15) is 4.79 Å². The van der Waals surface area contributed by atoms with Crippen LogP contribution in [0.1, 0.15) is 32.8 Å². The SMILES string of the molecule is COc1ccc(OC)c(C2=NOC(C(=O)NC(C)(C)C)C2)c1. The molecule has 0 saturated heterocycles. The van der Waals surface area contributed by atoms with E-state index in [-0.39, 0.29) is 11.4 Å². The van der Waals surface area contributed by atoms with Crippen LogP contribution in [-0.4, -0.2) is 37.5 Å². The number of ether oxygens (including phenoxy) is 2. The Kier molecular flexibility index (Phi) is 4.59. The summed E-state index contributed by atoms with van der Waals surface area (Å²) in [5, 5.41) is 6.93. The molecule has 0 radical (unpaired) electrons. The number of carbonyl (C=O) groups is 1. The third-order valence-corrected chi connectivity index (χ3v) is 3.18. The van der Waals surface area contributed by atoms with Crippen LogP contribution in [0.5, 0.6) is 11.5 Å². The molecule has 0 saturated carbocycles. The van der Waals surface area contributed by atoms with Crippen LogP contribution < -0.4 is 14.8 Å². The molecule has 1 aromatic carbocycles. The van der Waals surface area contributed by atoms with Crippen LogP contribution in [-0.2, 0) is 9.63 Å². The van der Waals surface area contributed by atoms with Gasteiger partial charge in [-0.1, -0.05) is 5.16 Å². The lowest BCUT2D eigenvalue weighted by Crippen LogP contribution is -2.45. The summed E-state index contributed by atoms with van der Waals surface area (Å²) in [6.07, 6.45) is -0.226. The summed E-state index contributed by atoms with van der Waals surface area (Å²) in [7, 11) is 3.18. The summed E-state index contributed by atoms with van der Waals surface area (Å²) in [6.45, 7) is 5.77. The van der Waals surface area contributed by atoms with Gasteiger partial charge >= 0.3 is 0 Å². The molecule has 1 aliphatic heterocycles. The fourth-order valence-corrected chi connectivity index (χ4v) is 2.17. The predicted octanol–water partition coefficient (Wildman–Crippen LogP) is 2.11. The highest BCUT2D eigenvalue weighted by atomic mass is 16.6. The molecule has 1 unspecified atom stereocenters. The highest BCUT2D eigenvalue weighted by molar-refractivity contribution is 6.06. The summed E-state index contributed by atoms with van der Waals surface area (Å²) in [5.74, 6) is 1.19. The largest absolute Gasteiger partial charge is 0.497 e. The average molecular weight is 306 g/mol. The summed E-state index contributed by atoms with van der Waals surface area (Å²) in [6, 6.07) is 5.44. The Morgan fingerprint density at radius 3 is 2.64 bits per heavy atom. The number of oxime groups is 1. The standard InChI is InChI=1S/C16H22N2O4/c1-16(2,3)17-15(19)14-9-12(18-22-14)11-8-10(20-4)6-7-13(11)21-5/h6-8,14H,9H2,1-5H3,(H,17,19). The summed E-state index contributed by atoms with van der Waals surface area (Å²) < 4.78 is 10.6. The molecule has 120 valence electrons. The molecule has 0 fully saturated rings. The Hall–Kier alpha value is -2.24. The van der Waals surface area contributed by atoms with Crippen molar-refractivity contribution in [1.82, 2.24) is 5.32 Å². The highest BCUT2D eigenvalue weighted by Gasteiger charge is 2.32. The van der Waals surface area contributed by atoms with E-state index < -0.39 is 6.10 Å². The summed E-state index contributed by atoms with van der Waals surface area (Å²) in [4.78, 5) is 17.4. The number of hydrogen-bond acceptors (Lipinski definition) is 5. The monoisotopic (exact) mass is 306 g/mol. The van der Waals surface area contributed by atoms with Crippen molar-refractivity contribution in [3.63, 3.8) is 0 Å². The van der Waals surface area contributed by atoms with Gasteiger partial charge in [0.1, 0.15) is 11.5 Å². The molecule has 1 aromatic rings. The molecule has 1 N–H and O–H groups in total. The van der Waals surface area contributed by atoms with Crippen LogP contribution in [0.4, 0.5) is 0 Å². The van der Waals surface area contributed by atoms with Crippen LogP contribution in [0.2, 0.25) is 0 Å². The maximum atomic E-state index is 12.2. The van der Waals surface area contributed by atoms with E-state index in [1.54, 1.807) is 20.3 Å². The number of rotatable bonds is 4. The second kappa shape index (κ2) is 6.25. The lowest BCUT2D eigenvalue weighted by Gasteiger charge is -2.22. The summed E-state index contributed by atoms with van der Waals surface area (Å²) in [5.41, 5.74) is 1.13. The van der Waals surface area contributed by atoms with Crippen LogP contribution >= 0.6 is 0 Å². The molecular formula is C16H22N2O4. The van der Waals surface area contributed by atoms with Gasteiger partial charge in [0, 0.05) is 17.5 Å². The molecule has 1 amide bonds. The van der Waals surface area contributed by atoms with Gasteiger partial charge in [-0.2, -0.15) is 0 Å². The topological polar surface area (TPSA) is 69.1 Å². The Labute approximate surface area is 130 Å². The van der Waals surface area contributed by atoms with E-state index >= 15 is 0 Å². The number of amides is 1. The smallest absolute Gasteiger partial charge is 0.264 e. The number of benzene rings is 1. The molecule has 0 spiro atoms. The Morgan fingerprint density at radius 1 is 1.32 bits per heavy atom. The molecule has 0 aromatic heterocycles. The van der Waals surface area contributed by atoms with Crippen LogP contribution in [0, 0.1) is 0 Å². The van der Waals surface area contributed by atoms with Gasteiger partial charge in [-0.15, -0.1) is 0 Å². The summed E-state index contributed by atoms with van der Waals surface area (Å²) >= 11 is 0. The van der Waals surface area contributed by atoms with Crippen molar-refractivity contribution in [2.45, 2.75) is 38.8 Å². The molecule has 1 heterocycles. The molecule has 2 rings (SSSR count). The molecule has 22 heavy (non-hydrogen) atoms. The van der Waals surface area contributed by atoms with Crippen LogP contribution in [0.15, 0.2) is 23.4 Å². The minimum absolute atomic E-state index is 0.173. The second-order valence-electron chi connectivity index (χ2n) is 6.14. The van der Waals surface area contributed by atoms with Crippen molar-refractivity contribution >= 4 is 11.6 Å². The third kappa shape index (κ3) is 3.69. The first kappa shape index (κ1) is 16.1. The lowest BCUT2D eigenvalue weighted by atomic mass is 10.0. The zero-order valence-corrected chi connectivity index (χ0v) is 13.6. The van der Waals surface area contributed by atoms with Gasteiger partial charge in [-0.25, -0.2) is 0 Å². The predicted molar refractivity (Wildman–Crippen MR) is 83.5 cm³/mol. The molecular weight excluding hydrogens is 284 g/mol. The zero-order valence-electron chi connectivity index (χ0n) is 13.6. The van der Waals surface area contributed by atoms with Gasteiger partial charge in [0.2, 0.25) is 6.10 Å². The number of methoxy groups -OCH3 is 2. The van der Waals surface area contributed by atoms with E-state index in [0.29, 0.717) is 23.6 Å². The highest BCUT2D eigenvalue weighted by Crippen LogP contribution is 2.28. The van der Waals surface area contributed by atoms with Crippen molar-refractivity contribution in [3.8, 4) is 11.5 Å². The van der Waals surface area contributed by atoms with E-state index in [1.807, 2.05) is 32.9 Å². The van der Waals surface area contributed by atoms with Crippen molar-refractivity contribution in [2.24, 2.45) is 5.16 Å². The van der Waals surface area contributed by atoms with Gasteiger partial charge in [-0.05, 0) is 39.0 Å². The first-order valence-corrected chi connectivity index (χ1v) is 7.11. The van der Waals surface area contributed by atoms with Gasteiger partial charge in [0.15, 0.2) is 0 Å². The normalized spacial score (nSPS) is 17.5. The Bertz CT molecular complexity index is 590. The maximum absolute atomic E-state index is 12.2. The molecule has 6 heteroatoms. The quantitative estimate of drug-likeness (QED) is 0.925. The van der Waals surface area contributed by atoms with E-state index in [0.717, 1.165) is 5.56 Å². The molecule has 0 aliphatic carbocycles. The van der Waals surface area contributed by atoms with Crippen molar-refractivity contribution in [1.29, 1.82) is 0 Å². The number of nitrogens with one attached hydrogen (secondary N) is 1.